The van der Waals surface area contributed by atoms with Crippen LogP contribution in [0.4, 0.5) is 13.2 Å². The molecule has 0 amide bonds. The van der Waals surface area contributed by atoms with Crippen molar-refractivity contribution < 1.29 is 13.2 Å². The van der Waals surface area contributed by atoms with E-state index in [9.17, 15) is 13.2 Å². The van der Waals surface area contributed by atoms with Gasteiger partial charge < -0.3 is 0 Å². The number of rotatable bonds is 2. The molecule has 0 aromatic carbocycles. The first kappa shape index (κ1) is 21.6. The molecule has 0 radical (unpaired) electrons. The van der Waals surface area contributed by atoms with Gasteiger partial charge in [0.05, 0.1) is 5.92 Å². The monoisotopic (exact) mass is 408 g/mol. The molecule has 0 bridgehead atoms. The van der Waals surface area contributed by atoms with E-state index in [1.54, 1.807) is 0 Å². The lowest BCUT2D eigenvalue weighted by atomic mass is 9.48. The Labute approximate surface area is 175 Å². The highest BCUT2D eigenvalue weighted by molar-refractivity contribution is 5.10. The molecule has 4 saturated carbocycles. The zero-order valence-electron chi connectivity index (χ0n) is 18.7. The van der Waals surface area contributed by atoms with Crippen LogP contribution in [0.3, 0.4) is 0 Å². The van der Waals surface area contributed by atoms with Crippen molar-refractivity contribution in [2.45, 2.75) is 91.7 Å². The highest BCUT2D eigenvalue weighted by Crippen LogP contribution is 2.68. The SMILES string of the molecule is CC#CCCC1C(C)[C@@H](C)C2C3CCC4CC(C(F)(F)F)CCC4C3CCC12C. The van der Waals surface area contributed by atoms with Gasteiger partial charge in [-0.1, -0.05) is 20.8 Å². The Morgan fingerprint density at radius 2 is 1.66 bits per heavy atom. The van der Waals surface area contributed by atoms with Crippen molar-refractivity contribution in [2.75, 3.05) is 0 Å². The molecule has 4 fully saturated rings. The van der Waals surface area contributed by atoms with E-state index >= 15 is 0 Å². The highest BCUT2D eigenvalue weighted by atomic mass is 19.4. The predicted molar refractivity (Wildman–Crippen MR) is 112 cm³/mol. The van der Waals surface area contributed by atoms with E-state index in [4.69, 9.17) is 0 Å². The van der Waals surface area contributed by atoms with Crippen LogP contribution >= 0.6 is 0 Å². The lowest BCUT2D eigenvalue weighted by Crippen LogP contribution is -2.50. The summed E-state index contributed by atoms with van der Waals surface area (Å²) >= 11 is 0. The summed E-state index contributed by atoms with van der Waals surface area (Å²) in [5.41, 5.74) is 0.408. The molecule has 0 N–H and O–H groups in total. The third kappa shape index (κ3) is 3.55. The van der Waals surface area contributed by atoms with Crippen LogP contribution < -0.4 is 0 Å². The second kappa shape index (κ2) is 7.80. The second-order valence-electron chi connectivity index (χ2n) is 11.2. The summed E-state index contributed by atoms with van der Waals surface area (Å²) in [5.74, 6) is 10.6. The summed E-state index contributed by atoms with van der Waals surface area (Å²) in [6.45, 7) is 9.44. The second-order valence-corrected chi connectivity index (χ2v) is 11.2. The van der Waals surface area contributed by atoms with E-state index in [0.29, 0.717) is 36.0 Å². The van der Waals surface area contributed by atoms with Crippen molar-refractivity contribution in [3.05, 3.63) is 0 Å². The molecule has 4 rings (SSSR count). The molecule has 0 spiro atoms. The summed E-state index contributed by atoms with van der Waals surface area (Å²) in [6.07, 6.45) is 4.59. The van der Waals surface area contributed by atoms with Crippen LogP contribution in [0.1, 0.15) is 85.5 Å². The van der Waals surface area contributed by atoms with Gasteiger partial charge in [0.2, 0.25) is 0 Å². The van der Waals surface area contributed by atoms with Crippen LogP contribution in [-0.2, 0) is 0 Å². The van der Waals surface area contributed by atoms with Crippen molar-refractivity contribution in [2.24, 2.45) is 58.7 Å². The van der Waals surface area contributed by atoms with E-state index in [-0.39, 0.29) is 0 Å². The molecule has 0 aromatic heterocycles. The van der Waals surface area contributed by atoms with Gasteiger partial charge in [-0.15, -0.1) is 11.8 Å². The van der Waals surface area contributed by atoms with Crippen molar-refractivity contribution in [3.8, 4) is 11.8 Å². The average molecular weight is 409 g/mol. The first-order valence-corrected chi connectivity index (χ1v) is 12.1. The van der Waals surface area contributed by atoms with Gasteiger partial charge >= 0.3 is 6.18 Å². The van der Waals surface area contributed by atoms with Gasteiger partial charge in [0.1, 0.15) is 0 Å². The van der Waals surface area contributed by atoms with Gasteiger partial charge in [0, 0.05) is 6.42 Å². The normalized spacial score (nSPS) is 49.4. The van der Waals surface area contributed by atoms with Crippen LogP contribution in [0.2, 0.25) is 0 Å². The van der Waals surface area contributed by atoms with Crippen molar-refractivity contribution in [3.63, 3.8) is 0 Å². The molecule has 10 atom stereocenters. The summed E-state index contributed by atoms with van der Waals surface area (Å²) in [6, 6.07) is 0. The predicted octanol–water partition coefficient (Wildman–Crippen LogP) is 7.73. The van der Waals surface area contributed by atoms with Crippen LogP contribution in [0.5, 0.6) is 0 Å². The Bertz CT molecular complexity index is 655. The van der Waals surface area contributed by atoms with Crippen molar-refractivity contribution in [1.82, 2.24) is 0 Å². The molecule has 164 valence electrons. The van der Waals surface area contributed by atoms with Crippen molar-refractivity contribution in [1.29, 1.82) is 0 Å². The van der Waals surface area contributed by atoms with Crippen LogP contribution in [0.15, 0.2) is 0 Å². The van der Waals surface area contributed by atoms with E-state index in [0.717, 1.165) is 48.9 Å². The summed E-state index contributed by atoms with van der Waals surface area (Å²) in [4.78, 5) is 0. The van der Waals surface area contributed by atoms with E-state index in [2.05, 4.69) is 32.6 Å². The molecule has 3 heteroatoms. The Morgan fingerprint density at radius 1 is 0.931 bits per heavy atom. The Balaban J connectivity index is 1.52. The van der Waals surface area contributed by atoms with E-state index in [1.165, 1.54) is 25.7 Å². The van der Waals surface area contributed by atoms with Gasteiger partial charge in [-0.25, -0.2) is 0 Å². The molecular weight excluding hydrogens is 369 g/mol. The van der Waals surface area contributed by atoms with Gasteiger partial charge in [-0.05, 0) is 111 Å². The largest absolute Gasteiger partial charge is 0.391 e. The minimum Gasteiger partial charge on any atom is -0.171 e. The summed E-state index contributed by atoms with van der Waals surface area (Å²) < 4.78 is 39.9. The van der Waals surface area contributed by atoms with Gasteiger partial charge in [-0.3, -0.25) is 0 Å². The number of hydrogen-bond acceptors (Lipinski definition) is 0. The lowest BCUT2D eigenvalue weighted by molar-refractivity contribution is -0.196. The van der Waals surface area contributed by atoms with Crippen LogP contribution in [0.25, 0.3) is 0 Å². The maximum Gasteiger partial charge on any atom is 0.391 e. The van der Waals surface area contributed by atoms with Gasteiger partial charge in [0.15, 0.2) is 0 Å². The molecule has 0 nitrogen and oxygen atoms in total. The van der Waals surface area contributed by atoms with E-state index in [1.807, 2.05) is 6.92 Å². The van der Waals surface area contributed by atoms with Crippen molar-refractivity contribution >= 4 is 0 Å². The minimum atomic E-state index is -3.99. The molecule has 4 aliphatic rings. The summed E-state index contributed by atoms with van der Waals surface area (Å²) in [5, 5.41) is 0. The number of hydrogen-bond donors (Lipinski definition) is 0. The highest BCUT2D eigenvalue weighted by Gasteiger charge is 2.61. The first-order valence-electron chi connectivity index (χ1n) is 12.1. The standard InChI is InChI=1S/C26H39F3/c1-5-6-7-8-23-16(2)17(3)24-22-11-9-18-15-19(26(27,28)29)10-12-20(18)21(22)13-14-25(23,24)4/h16-24H,7-15H2,1-4H3/t16?,17-,18?,19?,20?,21?,22?,23?,24?,25?/m1/s1. The minimum absolute atomic E-state index is 0.325. The molecular formula is C26H39F3. The maximum atomic E-state index is 13.3. The fourth-order valence-electron chi connectivity index (χ4n) is 9.09. The Hall–Kier alpha value is -0.650. The van der Waals surface area contributed by atoms with Gasteiger partial charge in [0.25, 0.3) is 0 Å². The molecule has 29 heavy (non-hydrogen) atoms. The smallest absolute Gasteiger partial charge is 0.171 e. The summed E-state index contributed by atoms with van der Waals surface area (Å²) in [7, 11) is 0. The average Bonchev–Trinajstić information content (AvgIpc) is 2.87. The fraction of sp³-hybridized carbons (Fsp3) is 0.923. The molecule has 0 aromatic rings. The molecule has 4 aliphatic carbocycles. The number of halogens is 3. The van der Waals surface area contributed by atoms with Gasteiger partial charge in [-0.2, -0.15) is 13.2 Å². The van der Waals surface area contributed by atoms with E-state index < -0.39 is 12.1 Å². The third-order valence-electron chi connectivity index (χ3n) is 10.3. The quantitative estimate of drug-likeness (QED) is 0.410. The van der Waals surface area contributed by atoms with Crippen LogP contribution in [-0.4, -0.2) is 6.18 Å². The van der Waals surface area contributed by atoms with Crippen LogP contribution in [0, 0.1) is 70.5 Å². The number of fused-ring (bicyclic) bond motifs is 5. The maximum absolute atomic E-state index is 13.3. The molecule has 9 unspecified atom stereocenters. The third-order valence-corrected chi connectivity index (χ3v) is 10.3. The topological polar surface area (TPSA) is 0 Å². The first-order chi connectivity index (χ1) is 13.7. The number of alkyl halides is 3. The lowest BCUT2D eigenvalue weighted by Gasteiger charge is -2.57. The Kier molecular flexibility index (Phi) is 5.80. The zero-order chi connectivity index (χ0) is 21.0. The fourth-order valence-corrected chi connectivity index (χ4v) is 9.09. The Morgan fingerprint density at radius 3 is 2.34 bits per heavy atom. The molecule has 0 saturated heterocycles. The molecule has 0 aliphatic heterocycles. The zero-order valence-corrected chi connectivity index (χ0v) is 18.7. The molecule has 0 heterocycles.